The minimum absolute atomic E-state index is 0.535. The topological polar surface area (TPSA) is 28.7 Å². The maximum atomic E-state index is 4.28. The van der Waals surface area contributed by atoms with E-state index in [9.17, 15) is 0 Å². The average Bonchev–Trinajstić information content (AvgIpc) is 2.71. The summed E-state index contributed by atoms with van der Waals surface area (Å²) in [4.78, 5) is 0. The first-order chi connectivity index (χ1) is 5.86. The van der Waals surface area contributed by atoms with Crippen molar-refractivity contribution in [2.75, 3.05) is 0 Å². The molecule has 1 aliphatic carbocycles. The fraction of sp³-hybridized carbons (Fsp3) is 0.222. The highest BCUT2D eigenvalue weighted by Crippen LogP contribution is 2.36. The second-order valence-electron chi connectivity index (χ2n) is 3.14. The van der Waals surface area contributed by atoms with Gasteiger partial charge in [-0.05, 0) is 17.9 Å². The predicted octanol–water partition coefficient (Wildman–Crippen LogP) is 2.59. The van der Waals surface area contributed by atoms with Gasteiger partial charge in [-0.2, -0.15) is 5.10 Å². The molecular weight excluding hydrogens is 168 g/mol. The fourth-order valence-corrected chi connectivity index (χ4v) is 2.44. The van der Waals surface area contributed by atoms with Gasteiger partial charge in [0.25, 0.3) is 0 Å². The molecule has 3 heteroatoms. The average molecular weight is 176 g/mol. The Hall–Kier alpha value is -1.09. The van der Waals surface area contributed by atoms with E-state index in [1.165, 1.54) is 16.0 Å². The maximum Gasteiger partial charge on any atom is 0.106 e. The Morgan fingerprint density at radius 2 is 2.33 bits per heavy atom. The van der Waals surface area contributed by atoms with Gasteiger partial charge in [0, 0.05) is 5.92 Å². The van der Waals surface area contributed by atoms with Crippen molar-refractivity contribution in [1.29, 1.82) is 0 Å². The van der Waals surface area contributed by atoms with Gasteiger partial charge < -0.3 is 0 Å². The Labute approximate surface area is 73.9 Å². The van der Waals surface area contributed by atoms with Crippen LogP contribution >= 0.6 is 11.3 Å². The zero-order valence-corrected chi connectivity index (χ0v) is 7.48. The molecule has 0 aliphatic heterocycles. The van der Waals surface area contributed by atoms with Crippen molar-refractivity contribution in [3.05, 3.63) is 28.8 Å². The molecule has 0 radical (unpaired) electrons. The van der Waals surface area contributed by atoms with Crippen LogP contribution in [0.5, 0.6) is 0 Å². The van der Waals surface area contributed by atoms with E-state index in [1.807, 2.05) is 0 Å². The summed E-state index contributed by atoms with van der Waals surface area (Å²) in [6.07, 6.45) is 4.37. The van der Waals surface area contributed by atoms with Gasteiger partial charge in [0.1, 0.15) is 5.52 Å². The molecule has 1 aliphatic rings. The molecular formula is C9H8N2S. The van der Waals surface area contributed by atoms with Gasteiger partial charge in [0.2, 0.25) is 0 Å². The highest BCUT2D eigenvalue weighted by molar-refractivity contribution is 7.17. The summed E-state index contributed by atoms with van der Waals surface area (Å²) in [6, 6.07) is 0. The van der Waals surface area contributed by atoms with Crippen LogP contribution in [0, 0.1) is 6.92 Å². The Morgan fingerprint density at radius 3 is 3.08 bits per heavy atom. The number of nitrogens with zero attached hydrogens (tertiary/aromatic N) is 1. The van der Waals surface area contributed by atoms with Crippen LogP contribution in [-0.2, 0) is 0 Å². The monoisotopic (exact) mass is 176 g/mol. The van der Waals surface area contributed by atoms with E-state index in [-0.39, 0.29) is 0 Å². The molecule has 0 saturated heterocycles. The van der Waals surface area contributed by atoms with Gasteiger partial charge in [-0.3, -0.25) is 5.10 Å². The van der Waals surface area contributed by atoms with Crippen molar-refractivity contribution in [2.24, 2.45) is 0 Å². The highest BCUT2D eigenvalue weighted by Gasteiger charge is 2.20. The Kier molecular flexibility index (Phi) is 1.06. The number of fused-ring (bicyclic) bond motifs is 1. The molecule has 0 amide bonds. The van der Waals surface area contributed by atoms with Gasteiger partial charge >= 0.3 is 0 Å². The molecule has 2 heterocycles. The van der Waals surface area contributed by atoms with Crippen LogP contribution < -0.4 is 0 Å². The lowest BCUT2D eigenvalue weighted by Crippen LogP contribution is -1.78. The number of allylic oxidation sites excluding steroid dienone is 2. The van der Waals surface area contributed by atoms with Crippen molar-refractivity contribution in [1.82, 2.24) is 10.2 Å². The van der Waals surface area contributed by atoms with Crippen molar-refractivity contribution in [2.45, 2.75) is 12.8 Å². The SMILES string of the molecule is Cc1csc2c(C3C=C3)[nH]nc12. The number of thiophene rings is 1. The van der Waals surface area contributed by atoms with Crippen LogP contribution in [-0.4, -0.2) is 10.2 Å². The van der Waals surface area contributed by atoms with Crippen molar-refractivity contribution in [3.63, 3.8) is 0 Å². The largest absolute Gasteiger partial charge is 0.280 e. The molecule has 0 fully saturated rings. The van der Waals surface area contributed by atoms with Crippen molar-refractivity contribution < 1.29 is 0 Å². The number of nitrogens with one attached hydrogen (secondary N) is 1. The Bertz CT molecular complexity index is 458. The number of H-pyrrole nitrogens is 1. The molecule has 0 saturated carbocycles. The molecule has 0 spiro atoms. The van der Waals surface area contributed by atoms with Gasteiger partial charge in [-0.25, -0.2) is 0 Å². The second kappa shape index (κ2) is 1.98. The molecule has 2 aromatic rings. The fourth-order valence-electron chi connectivity index (χ4n) is 1.41. The Morgan fingerprint density at radius 1 is 1.50 bits per heavy atom. The number of hydrogen-bond donors (Lipinski definition) is 1. The molecule has 0 unspecified atom stereocenters. The smallest absolute Gasteiger partial charge is 0.106 e. The van der Waals surface area contributed by atoms with E-state index in [0.717, 1.165) is 5.52 Å². The molecule has 3 rings (SSSR count). The molecule has 12 heavy (non-hydrogen) atoms. The third-order valence-corrected chi connectivity index (χ3v) is 3.31. The normalized spacial score (nSPS) is 16.1. The van der Waals surface area contributed by atoms with E-state index in [4.69, 9.17) is 0 Å². The zero-order valence-electron chi connectivity index (χ0n) is 6.66. The summed E-state index contributed by atoms with van der Waals surface area (Å²) in [6.45, 7) is 2.10. The van der Waals surface area contributed by atoms with E-state index < -0.39 is 0 Å². The van der Waals surface area contributed by atoms with Gasteiger partial charge in [0.15, 0.2) is 0 Å². The lowest BCUT2D eigenvalue weighted by Gasteiger charge is -1.87. The van der Waals surface area contributed by atoms with E-state index in [1.54, 1.807) is 11.3 Å². The summed E-state index contributed by atoms with van der Waals surface area (Å²) in [5.74, 6) is 0.535. The minimum atomic E-state index is 0.535. The molecule has 2 nitrogen and oxygen atoms in total. The predicted molar refractivity (Wildman–Crippen MR) is 50.6 cm³/mol. The quantitative estimate of drug-likeness (QED) is 0.665. The van der Waals surface area contributed by atoms with Crippen LogP contribution in [0.3, 0.4) is 0 Å². The lowest BCUT2D eigenvalue weighted by atomic mass is 10.2. The number of aromatic amines is 1. The number of hydrogen-bond acceptors (Lipinski definition) is 2. The molecule has 0 atom stereocenters. The molecule has 60 valence electrons. The van der Waals surface area contributed by atoms with E-state index >= 15 is 0 Å². The Balaban J connectivity index is 2.30. The number of aryl methyl sites for hydroxylation is 1. The second-order valence-corrected chi connectivity index (χ2v) is 4.02. The number of rotatable bonds is 1. The van der Waals surface area contributed by atoms with Crippen LogP contribution in [0.1, 0.15) is 17.2 Å². The molecule has 1 N–H and O–H groups in total. The van der Waals surface area contributed by atoms with Crippen LogP contribution in [0.25, 0.3) is 10.2 Å². The van der Waals surface area contributed by atoms with Crippen LogP contribution in [0.4, 0.5) is 0 Å². The van der Waals surface area contributed by atoms with Crippen molar-refractivity contribution in [3.8, 4) is 0 Å². The van der Waals surface area contributed by atoms with Crippen molar-refractivity contribution >= 4 is 21.6 Å². The maximum absolute atomic E-state index is 4.28. The summed E-state index contributed by atoms with van der Waals surface area (Å²) in [7, 11) is 0. The number of aromatic nitrogens is 2. The van der Waals surface area contributed by atoms with E-state index in [0.29, 0.717) is 5.92 Å². The third kappa shape index (κ3) is 0.716. The zero-order chi connectivity index (χ0) is 8.13. The first kappa shape index (κ1) is 6.43. The summed E-state index contributed by atoms with van der Waals surface area (Å²) in [5.41, 5.74) is 3.69. The highest BCUT2D eigenvalue weighted by atomic mass is 32.1. The summed E-state index contributed by atoms with van der Waals surface area (Å²) in [5, 5.41) is 9.54. The third-order valence-electron chi connectivity index (χ3n) is 2.19. The van der Waals surface area contributed by atoms with Crippen LogP contribution in [0.15, 0.2) is 17.5 Å². The first-order valence-corrected chi connectivity index (χ1v) is 4.84. The summed E-state index contributed by atoms with van der Waals surface area (Å²) < 4.78 is 1.32. The summed E-state index contributed by atoms with van der Waals surface area (Å²) >= 11 is 1.78. The van der Waals surface area contributed by atoms with Gasteiger partial charge in [-0.15, -0.1) is 11.3 Å². The molecule has 2 aromatic heterocycles. The van der Waals surface area contributed by atoms with E-state index in [2.05, 4.69) is 34.7 Å². The lowest BCUT2D eigenvalue weighted by molar-refractivity contribution is 1.01. The van der Waals surface area contributed by atoms with Gasteiger partial charge in [0.05, 0.1) is 10.4 Å². The molecule has 0 aromatic carbocycles. The standard InChI is InChI=1S/C9H8N2S/c1-5-4-12-9-7(5)10-11-8(9)6-2-3-6/h2-4,6H,1H3,(H,10,11). The first-order valence-electron chi connectivity index (χ1n) is 3.96. The minimum Gasteiger partial charge on any atom is -0.280 e. The van der Waals surface area contributed by atoms with Gasteiger partial charge in [-0.1, -0.05) is 12.2 Å². The molecule has 0 bridgehead atoms. The van der Waals surface area contributed by atoms with Crippen LogP contribution in [0.2, 0.25) is 0 Å².